The molecule has 72 valence electrons. The first kappa shape index (κ1) is 11.3. The number of nitrogens with two attached hydrogens (primary N) is 2. The van der Waals surface area contributed by atoms with Gasteiger partial charge in [0.15, 0.2) is 11.1 Å². The first-order chi connectivity index (χ1) is 5.91. The number of hydrogen-bond donors (Lipinski definition) is 5. The van der Waals surface area contributed by atoms with E-state index >= 15 is 0 Å². The topological polar surface area (TPSA) is 134 Å². The van der Waals surface area contributed by atoms with Gasteiger partial charge in [0.25, 0.3) is 0 Å². The maximum Gasteiger partial charge on any atom is 0.235 e. The van der Waals surface area contributed by atoms with Crippen LogP contribution >= 0.6 is 12.2 Å². The summed E-state index contributed by atoms with van der Waals surface area (Å²) in [6.45, 7) is 0. The highest BCUT2D eigenvalue weighted by Crippen LogP contribution is 1.86. The third-order valence-corrected chi connectivity index (χ3v) is 1.03. The van der Waals surface area contributed by atoms with E-state index < -0.39 is 0 Å². The molecule has 1 saturated heterocycles. The van der Waals surface area contributed by atoms with E-state index in [4.69, 9.17) is 5.41 Å². The summed E-state index contributed by atoms with van der Waals surface area (Å²) in [6, 6.07) is 0. The van der Waals surface area contributed by atoms with Crippen LogP contribution in [0.5, 0.6) is 0 Å². The van der Waals surface area contributed by atoms with Crippen LogP contribution < -0.4 is 22.1 Å². The van der Waals surface area contributed by atoms with Gasteiger partial charge in [0, 0.05) is 0 Å². The van der Waals surface area contributed by atoms with Gasteiger partial charge in [-0.15, -0.1) is 0 Å². The van der Waals surface area contributed by atoms with Crippen molar-refractivity contribution in [3.8, 4) is 0 Å². The van der Waals surface area contributed by atoms with E-state index in [-0.39, 0.29) is 29.3 Å². The Morgan fingerprint density at radius 1 is 1.31 bits per heavy atom. The maximum absolute atomic E-state index is 10.4. The molecule has 0 radical (unpaired) electrons. The van der Waals surface area contributed by atoms with Crippen LogP contribution in [0, 0.1) is 5.41 Å². The van der Waals surface area contributed by atoms with Crippen LogP contribution in [-0.4, -0.2) is 22.9 Å². The third kappa shape index (κ3) is 6.69. The van der Waals surface area contributed by atoms with Gasteiger partial charge in [0.1, 0.15) is 6.42 Å². The fourth-order valence-corrected chi connectivity index (χ4v) is 0.746. The zero-order valence-electron chi connectivity index (χ0n) is 6.59. The Labute approximate surface area is 79.3 Å². The summed E-state index contributed by atoms with van der Waals surface area (Å²) in [4.78, 5) is 20.8. The molecule has 0 atom stereocenters. The van der Waals surface area contributed by atoms with E-state index in [0.29, 0.717) is 0 Å². The molecule has 7 N–H and O–H groups in total. The summed E-state index contributed by atoms with van der Waals surface area (Å²) in [5, 5.41) is 10.7. The van der Waals surface area contributed by atoms with Crippen molar-refractivity contribution in [2.45, 2.75) is 6.42 Å². The average molecular weight is 203 g/mol. The Balaban J connectivity index is 0.000000310. The monoisotopic (exact) mass is 203 g/mol. The number of hydrogen-bond acceptors (Lipinski definition) is 4. The van der Waals surface area contributed by atoms with Crippen molar-refractivity contribution < 1.29 is 9.59 Å². The number of amides is 2. The first-order valence-electron chi connectivity index (χ1n) is 3.15. The second-order valence-corrected chi connectivity index (χ2v) is 2.47. The summed E-state index contributed by atoms with van der Waals surface area (Å²) >= 11 is 4.50. The number of carbonyl (C=O) groups is 2. The van der Waals surface area contributed by atoms with Crippen LogP contribution in [0.4, 0.5) is 0 Å². The lowest BCUT2D eigenvalue weighted by Crippen LogP contribution is -2.49. The third-order valence-electron chi connectivity index (χ3n) is 0.827. The Kier molecular flexibility index (Phi) is 4.38. The normalized spacial score (nSPS) is 14.9. The molecule has 0 unspecified atom stereocenters. The molecule has 0 saturated carbocycles. The molecule has 1 aliphatic rings. The van der Waals surface area contributed by atoms with E-state index in [9.17, 15) is 9.59 Å². The van der Waals surface area contributed by atoms with E-state index in [2.05, 4.69) is 34.3 Å². The summed E-state index contributed by atoms with van der Waals surface area (Å²) in [6.07, 6.45) is -0.125. The van der Waals surface area contributed by atoms with Crippen LogP contribution in [0.15, 0.2) is 0 Å². The lowest BCUT2D eigenvalue weighted by molar-refractivity contribution is -0.129. The minimum absolute atomic E-state index is 0.0938. The van der Waals surface area contributed by atoms with Crippen molar-refractivity contribution in [1.29, 1.82) is 5.41 Å². The highest BCUT2D eigenvalue weighted by molar-refractivity contribution is 7.80. The minimum atomic E-state index is -0.344. The van der Waals surface area contributed by atoms with Crippen LogP contribution in [0.1, 0.15) is 6.42 Å². The lowest BCUT2D eigenvalue weighted by Gasteiger charge is -2.12. The van der Waals surface area contributed by atoms with Crippen LogP contribution in [0.3, 0.4) is 0 Å². The van der Waals surface area contributed by atoms with E-state index in [1.807, 2.05) is 0 Å². The van der Waals surface area contributed by atoms with Crippen molar-refractivity contribution in [2.24, 2.45) is 11.5 Å². The molecule has 1 aliphatic heterocycles. The molecule has 8 heteroatoms. The van der Waals surface area contributed by atoms with Gasteiger partial charge in [-0.05, 0) is 12.2 Å². The molecule has 1 heterocycles. The standard InChI is InChI=1S/C4H4N2O2S.CH5N3/c7-2-1-3(8)6-4(9)5-2;2-1(3)4/h1H2,(H2,5,6,7,8,9);(H5,2,3,4). The summed E-state index contributed by atoms with van der Waals surface area (Å²) in [7, 11) is 0. The molecule has 0 bridgehead atoms. The molecular formula is C5H9N5O2S. The smallest absolute Gasteiger partial charge is 0.235 e. The van der Waals surface area contributed by atoms with Crippen molar-refractivity contribution in [3.63, 3.8) is 0 Å². The van der Waals surface area contributed by atoms with Crippen LogP contribution in [-0.2, 0) is 9.59 Å². The molecule has 1 rings (SSSR count). The number of guanidine groups is 1. The molecule has 2 amide bonds. The largest absolute Gasteiger partial charge is 0.370 e. The number of thiocarbonyl (C=S) groups is 1. The summed E-state index contributed by atoms with van der Waals surface area (Å²) in [5.41, 5.74) is 8.94. The molecule has 0 aromatic heterocycles. The van der Waals surface area contributed by atoms with E-state index in [1.54, 1.807) is 0 Å². The number of nitrogens with one attached hydrogen (secondary N) is 3. The Morgan fingerprint density at radius 3 is 1.85 bits per heavy atom. The fraction of sp³-hybridized carbons (Fsp3) is 0.200. The van der Waals surface area contributed by atoms with Gasteiger partial charge >= 0.3 is 0 Å². The predicted octanol–water partition coefficient (Wildman–Crippen LogP) is -2.25. The Hall–Kier alpha value is -1.70. The highest BCUT2D eigenvalue weighted by atomic mass is 32.1. The molecule has 0 spiro atoms. The Bertz CT molecular complexity index is 214. The fourth-order valence-electron chi connectivity index (χ4n) is 0.519. The van der Waals surface area contributed by atoms with Crippen molar-refractivity contribution in [3.05, 3.63) is 0 Å². The molecule has 1 fully saturated rings. The maximum atomic E-state index is 10.4. The molecule has 7 nitrogen and oxygen atoms in total. The van der Waals surface area contributed by atoms with Crippen molar-refractivity contribution in [1.82, 2.24) is 10.6 Å². The quantitative estimate of drug-likeness (QED) is 0.131. The van der Waals surface area contributed by atoms with Gasteiger partial charge in [0.05, 0.1) is 0 Å². The van der Waals surface area contributed by atoms with Gasteiger partial charge in [-0.2, -0.15) is 0 Å². The zero-order chi connectivity index (χ0) is 10.4. The lowest BCUT2D eigenvalue weighted by atomic mass is 10.3. The van der Waals surface area contributed by atoms with E-state index in [1.165, 1.54) is 0 Å². The zero-order valence-corrected chi connectivity index (χ0v) is 7.40. The Morgan fingerprint density at radius 2 is 1.62 bits per heavy atom. The van der Waals surface area contributed by atoms with E-state index in [0.717, 1.165) is 0 Å². The molecule has 13 heavy (non-hydrogen) atoms. The average Bonchev–Trinajstić information content (AvgIpc) is 1.80. The van der Waals surface area contributed by atoms with Gasteiger partial charge in [-0.3, -0.25) is 15.0 Å². The van der Waals surface area contributed by atoms with Gasteiger partial charge < -0.3 is 22.1 Å². The van der Waals surface area contributed by atoms with Crippen molar-refractivity contribution in [2.75, 3.05) is 0 Å². The number of carbonyl (C=O) groups excluding carboxylic acids is 2. The molecule has 0 aromatic rings. The van der Waals surface area contributed by atoms with Gasteiger partial charge in [-0.25, -0.2) is 0 Å². The SMILES string of the molecule is N=C(N)N.O=C1CC(=O)NC(=S)N1. The first-order valence-corrected chi connectivity index (χ1v) is 3.56. The van der Waals surface area contributed by atoms with Crippen LogP contribution in [0.25, 0.3) is 0 Å². The second kappa shape index (κ2) is 5.04. The number of rotatable bonds is 0. The second-order valence-electron chi connectivity index (χ2n) is 2.06. The molecular weight excluding hydrogens is 194 g/mol. The minimum Gasteiger partial charge on any atom is -0.370 e. The molecule has 0 aromatic carbocycles. The van der Waals surface area contributed by atoms with Crippen LogP contribution in [0.2, 0.25) is 0 Å². The highest BCUT2D eigenvalue weighted by Gasteiger charge is 2.17. The summed E-state index contributed by atoms with van der Waals surface area (Å²) < 4.78 is 0. The van der Waals surface area contributed by atoms with Crippen molar-refractivity contribution >= 4 is 35.1 Å². The predicted molar refractivity (Wildman–Crippen MR) is 49.6 cm³/mol. The van der Waals surface area contributed by atoms with Gasteiger partial charge in [-0.1, -0.05) is 0 Å². The molecule has 0 aliphatic carbocycles. The summed E-state index contributed by atoms with van der Waals surface area (Å²) in [5.74, 6) is -1.02. The van der Waals surface area contributed by atoms with Gasteiger partial charge in [0.2, 0.25) is 11.8 Å².